The van der Waals surface area contributed by atoms with E-state index in [1.165, 1.54) is 38.5 Å². The number of carboxylic acids is 2. The Bertz CT molecular complexity index is 335. The van der Waals surface area contributed by atoms with E-state index in [0.717, 1.165) is 32.1 Å². The number of hydrogen-bond donors (Lipinski definition) is 0. The minimum Gasteiger partial charge on any atom is -0.549 e. The smallest absolute Gasteiger partial charge is 0.549 e. The number of carboxylic acid groups (broad SMARTS) is 2. The molecular formula is C20H36Na2O4. The Hall–Kier alpha value is 0.940. The zero-order chi connectivity index (χ0) is 18.3. The van der Waals surface area contributed by atoms with Crippen molar-refractivity contribution in [3.05, 3.63) is 0 Å². The van der Waals surface area contributed by atoms with E-state index in [9.17, 15) is 19.8 Å². The Kier molecular flexibility index (Phi) is 25.1. The Morgan fingerprint density at radius 2 is 0.846 bits per heavy atom. The van der Waals surface area contributed by atoms with Crippen LogP contribution in [0.1, 0.15) is 110 Å². The van der Waals surface area contributed by atoms with Crippen molar-refractivity contribution >= 4 is 11.9 Å². The zero-order valence-corrected chi connectivity index (χ0v) is 21.7. The maximum absolute atomic E-state index is 11.4. The molecule has 6 heteroatoms. The second kappa shape index (κ2) is 20.7. The van der Waals surface area contributed by atoms with Crippen molar-refractivity contribution in [3.63, 3.8) is 0 Å². The summed E-state index contributed by atoms with van der Waals surface area (Å²) >= 11 is 0. The molecule has 0 saturated carbocycles. The van der Waals surface area contributed by atoms with Crippen LogP contribution < -0.4 is 69.3 Å². The number of unbranched alkanes of at least 4 members (excludes halogenated alkanes) is 11. The minimum atomic E-state index is -1.80. The normalized spacial score (nSPS) is 10.7. The van der Waals surface area contributed by atoms with Gasteiger partial charge in [0.05, 0.1) is 11.9 Å². The van der Waals surface area contributed by atoms with E-state index in [2.05, 4.69) is 6.92 Å². The van der Waals surface area contributed by atoms with Gasteiger partial charge in [0.1, 0.15) is 0 Å². The molecule has 0 aliphatic heterocycles. The molecule has 0 aliphatic carbocycles. The van der Waals surface area contributed by atoms with Crippen molar-refractivity contribution < 1.29 is 78.9 Å². The van der Waals surface area contributed by atoms with E-state index >= 15 is 0 Å². The third kappa shape index (κ3) is 14.0. The van der Waals surface area contributed by atoms with Crippen LogP contribution in [0.2, 0.25) is 0 Å². The molecule has 0 heterocycles. The van der Waals surface area contributed by atoms with Crippen molar-refractivity contribution in [2.75, 3.05) is 0 Å². The average Bonchev–Trinajstić information content (AvgIpc) is 2.54. The molecule has 0 amide bonds. The van der Waals surface area contributed by atoms with Crippen molar-refractivity contribution in [1.82, 2.24) is 0 Å². The molecule has 4 nitrogen and oxygen atoms in total. The molecule has 0 atom stereocenters. The average molecular weight is 386 g/mol. The van der Waals surface area contributed by atoms with Crippen molar-refractivity contribution in [3.8, 4) is 0 Å². The predicted molar refractivity (Wildman–Crippen MR) is 93.1 cm³/mol. The van der Waals surface area contributed by atoms with Gasteiger partial charge in [-0.05, 0) is 12.8 Å². The molecule has 0 fully saturated rings. The van der Waals surface area contributed by atoms with Crippen LogP contribution in [0.3, 0.4) is 0 Å². The Labute approximate surface area is 204 Å². The van der Waals surface area contributed by atoms with E-state index in [4.69, 9.17) is 0 Å². The molecule has 0 aliphatic rings. The van der Waals surface area contributed by atoms with Crippen LogP contribution in [-0.4, -0.2) is 11.9 Å². The van der Waals surface area contributed by atoms with Crippen molar-refractivity contribution in [1.29, 1.82) is 0 Å². The van der Waals surface area contributed by atoms with Crippen LogP contribution in [0.25, 0.3) is 0 Å². The van der Waals surface area contributed by atoms with Gasteiger partial charge in [-0.1, -0.05) is 97.3 Å². The maximum atomic E-state index is 11.4. The van der Waals surface area contributed by atoms with Gasteiger partial charge < -0.3 is 19.8 Å². The molecule has 142 valence electrons. The summed E-state index contributed by atoms with van der Waals surface area (Å²) in [4.78, 5) is 22.8. The molecule has 26 heavy (non-hydrogen) atoms. The molecular weight excluding hydrogens is 350 g/mol. The van der Waals surface area contributed by atoms with Gasteiger partial charge in [0.2, 0.25) is 0 Å². The van der Waals surface area contributed by atoms with Crippen LogP contribution in [0.15, 0.2) is 0 Å². The molecule has 0 aromatic heterocycles. The Morgan fingerprint density at radius 1 is 0.577 bits per heavy atom. The topological polar surface area (TPSA) is 80.3 Å². The standard InChI is InChI=1S/C20H38O4.2Na/c1-3-5-7-8-9-10-11-12-13-15-17-20(18(21)22,19(23)24)16-14-6-4-2;;/h3-17H2,1-2H3,(H,21,22)(H,23,24);;/q;2*+1/p-2. The number of rotatable bonds is 17. The SMILES string of the molecule is CCCCCCCCCCCCC(CCCCC)(C(=O)[O-])C(=O)[O-].[Na+].[Na+]. The third-order valence-corrected chi connectivity index (χ3v) is 4.95. The zero-order valence-electron chi connectivity index (χ0n) is 17.7. The van der Waals surface area contributed by atoms with Gasteiger partial charge in [-0.2, -0.15) is 0 Å². The summed E-state index contributed by atoms with van der Waals surface area (Å²) in [6.45, 7) is 4.21. The molecule has 0 unspecified atom stereocenters. The summed E-state index contributed by atoms with van der Waals surface area (Å²) in [7, 11) is 0. The molecule has 0 aromatic rings. The first-order valence-electron chi connectivity index (χ1n) is 9.94. The first-order valence-corrected chi connectivity index (χ1v) is 9.94. The van der Waals surface area contributed by atoms with E-state index in [1.54, 1.807) is 0 Å². The van der Waals surface area contributed by atoms with Gasteiger partial charge in [0, 0.05) is 5.41 Å². The largest absolute Gasteiger partial charge is 1.00 e. The molecule has 0 N–H and O–H groups in total. The van der Waals surface area contributed by atoms with Crippen LogP contribution in [0.4, 0.5) is 0 Å². The molecule has 0 saturated heterocycles. The Balaban J connectivity index is -0.00000264. The molecule has 0 spiro atoms. The quantitative estimate of drug-likeness (QED) is 0.156. The van der Waals surface area contributed by atoms with Gasteiger partial charge in [0.15, 0.2) is 0 Å². The van der Waals surface area contributed by atoms with Crippen molar-refractivity contribution in [2.24, 2.45) is 5.41 Å². The number of carbonyl (C=O) groups excluding carboxylic acids is 2. The second-order valence-corrected chi connectivity index (χ2v) is 7.05. The predicted octanol–water partition coefficient (Wildman–Crippen LogP) is -2.63. The summed E-state index contributed by atoms with van der Waals surface area (Å²) in [6.07, 6.45) is 14.0. The van der Waals surface area contributed by atoms with E-state index in [-0.39, 0.29) is 72.0 Å². The van der Waals surface area contributed by atoms with Crippen LogP contribution >= 0.6 is 0 Å². The monoisotopic (exact) mass is 386 g/mol. The minimum absolute atomic E-state index is 0. The Morgan fingerprint density at radius 3 is 1.19 bits per heavy atom. The first-order chi connectivity index (χ1) is 11.5. The fourth-order valence-electron chi connectivity index (χ4n) is 3.21. The number of hydrogen-bond acceptors (Lipinski definition) is 4. The summed E-state index contributed by atoms with van der Waals surface area (Å²) in [6, 6.07) is 0. The summed E-state index contributed by atoms with van der Waals surface area (Å²) < 4.78 is 0. The van der Waals surface area contributed by atoms with Gasteiger partial charge in [-0.25, -0.2) is 0 Å². The van der Waals surface area contributed by atoms with E-state index < -0.39 is 17.4 Å². The molecule has 0 bridgehead atoms. The third-order valence-electron chi connectivity index (χ3n) is 4.95. The fraction of sp³-hybridized carbons (Fsp3) is 0.900. The second-order valence-electron chi connectivity index (χ2n) is 7.05. The van der Waals surface area contributed by atoms with Gasteiger partial charge in [0.25, 0.3) is 0 Å². The van der Waals surface area contributed by atoms with Gasteiger partial charge >= 0.3 is 59.1 Å². The van der Waals surface area contributed by atoms with E-state index in [0.29, 0.717) is 12.8 Å². The van der Waals surface area contributed by atoms with Gasteiger partial charge in [-0.15, -0.1) is 0 Å². The first kappa shape index (κ1) is 31.6. The summed E-state index contributed by atoms with van der Waals surface area (Å²) in [5, 5.41) is 22.8. The molecule has 0 aromatic carbocycles. The van der Waals surface area contributed by atoms with Crippen LogP contribution in [0.5, 0.6) is 0 Å². The van der Waals surface area contributed by atoms with E-state index in [1.807, 2.05) is 6.92 Å². The molecule has 0 rings (SSSR count). The maximum Gasteiger partial charge on any atom is 1.00 e. The van der Waals surface area contributed by atoms with Crippen LogP contribution in [0, 0.1) is 5.41 Å². The van der Waals surface area contributed by atoms with Crippen LogP contribution in [-0.2, 0) is 9.59 Å². The number of aliphatic carboxylic acids is 2. The molecule has 0 radical (unpaired) electrons. The summed E-state index contributed by atoms with van der Waals surface area (Å²) in [5.74, 6) is -2.95. The van der Waals surface area contributed by atoms with Gasteiger partial charge in [-0.3, -0.25) is 0 Å². The summed E-state index contributed by atoms with van der Waals surface area (Å²) in [5.41, 5.74) is -1.80. The number of carbonyl (C=O) groups is 2. The fourth-order valence-corrected chi connectivity index (χ4v) is 3.21. The van der Waals surface area contributed by atoms with Crippen molar-refractivity contribution in [2.45, 2.75) is 110 Å².